The van der Waals surface area contributed by atoms with Gasteiger partial charge in [-0.1, -0.05) is 19.1 Å². The van der Waals surface area contributed by atoms with Crippen molar-refractivity contribution in [3.63, 3.8) is 0 Å². The normalized spacial score (nSPS) is 12.5. The fraction of sp³-hybridized carbons (Fsp3) is 0.438. The molecule has 0 radical (unpaired) electrons. The van der Waals surface area contributed by atoms with Crippen LogP contribution in [-0.4, -0.2) is 28.1 Å². The molecule has 0 amide bonds. The lowest BCUT2D eigenvalue weighted by Gasteiger charge is -2.17. The zero-order valence-corrected chi connectivity index (χ0v) is 13.4. The largest absolute Gasteiger partial charge is 0.313 e. The number of hydrogen-bond donors (Lipinski definition) is 1. The Kier molecular flexibility index (Phi) is 6.26. The van der Waals surface area contributed by atoms with Crippen molar-refractivity contribution in [3.05, 3.63) is 48.0 Å². The van der Waals surface area contributed by atoms with Gasteiger partial charge in [0, 0.05) is 35.6 Å². The van der Waals surface area contributed by atoms with Gasteiger partial charge in [-0.3, -0.25) is 4.68 Å². The van der Waals surface area contributed by atoms with Gasteiger partial charge in [-0.25, -0.2) is 4.39 Å². The van der Waals surface area contributed by atoms with E-state index in [-0.39, 0.29) is 5.82 Å². The van der Waals surface area contributed by atoms with Gasteiger partial charge in [0.1, 0.15) is 5.82 Å². The highest BCUT2D eigenvalue weighted by atomic mass is 32.2. The molecule has 0 fully saturated rings. The molecule has 0 saturated carbocycles. The van der Waals surface area contributed by atoms with Crippen LogP contribution in [0.15, 0.2) is 41.4 Å². The van der Waals surface area contributed by atoms with Crippen molar-refractivity contribution in [2.45, 2.75) is 30.7 Å². The zero-order chi connectivity index (χ0) is 15.1. The molecule has 0 aliphatic carbocycles. The van der Waals surface area contributed by atoms with Crippen LogP contribution < -0.4 is 5.32 Å². The summed E-state index contributed by atoms with van der Waals surface area (Å²) in [5.74, 6) is 0.733. The molecule has 0 saturated heterocycles. The quantitative estimate of drug-likeness (QED) is 0.759. The van der Waals surface area contributed by atoms with Crippen LogP contribution in [0.1, 0.15) is 19.0 Å². The molecular weight excluding hydrogens is 285 g/mol. The average molecular weight is 307 g/mol. The van der Waals surface area contributed by atoms with Crippen molar-refractivity contribution in [2.24, 2.45) is 7.05 Å². The van der Waals surface area contributed by atoms with Gasteiger partial charge in [0.2, 0.25) is 0 Å². The van der Waals surface area contributed by atoms with E-state index in [1.54, 1.807) is 17.8 Å². The highest BCUT2D eigenvalue weighted by Gasteiger charge is 2.11. The van der Waals surface area contributed by atoms with E-state index in [9.17, 15) is 4.39 Å². The smallest absolute Gasteiger partial charge is 0.136 e. The van der Waals surface area contributed by atoms with Gasteiger partial charge >= 0.3 is 0 Å². The number of nitrogens with one attached hydrogen (secondary N) is 1. The molecular formula is C16H22FN3S. The summed E-state index contributed by atoms with van der Waals surface area (Å²) in [6.45, 7) is 3.03. The van der Waals surface area contributed by atoms with Gasteiger partial charge in [-0.2, -0.15) is 5.10 Å². The molecule has 1 unspecified atom stereocenters. The molecule has 1 heterocycles. The van der Waals surface area contributed by atoms with Crippen LogP contribution in [0.5, 0.6) is 0 Å². The maximum Gasteiger partial charge on any atom is 0.136 e. The predicted molar refractivity (Wildman–Crippen MR) is 86.1 cm³/mol. The third kappa shape index (κ3) is 4.86. The fourth-order valence-electron chi connectivity index (χ4n) is 2.25. The Morgan fingerprint density at radius 2 is 2.14 bits per heavy atom. The first kappa shape index (κ1) is 16.0. The van der Waals surface area contributed by atoms with Crippen LogP contribution in [0.2, 0.25) is 0 Å². The maximum absolute atomic E-state index is 13.6. The van der Waals surface area contributed by atoms with Crippen molar-refractivity contribution < 1.29 is 4.39 Å². The van der Waals surface area contributed by atoms with E-state index in [0.29, 0.717) is 6.04 Å². The molecule has 1 aromatic carbocycles. The Morgan fingerprint density at radius 3 is 2.81 bits per heavy atom. The van der Waals surface area contributed by atoms with Crippen molar-refractivity contribution in [3.8, 4) is 0 Å². The first-order valence-corrected chi connectivity index (χ1v) is 8.27. The molecule has 5 heteroatoms. The summed E-state index contributed by atoms with van der Waals surface area (Å²) in [5.41, 5.74) is 1.23. The average Bonchev–Trinajstić information content (AvgIpc) is 2.89. The topological polar surface area (TPSA) is 29.9 Å². The monoisotopic (exact) mass is 307 g/mol. The predicted octanol–water partition coefficient (Wildman–Crippen LogP) is 3.26. The van der Waals surface area contributed by atoms with E-state index in [1.165, 1.54) is 11.8 Å². The summed E-state index contributed by atoms with van der Waals surface area (Å²) in [6, 6.07) is 9.37. The minimum Gasteiger partial charge on any atom is -0.313 e. The van der Waals surface area contributed by atoms with Gasteiger partial charge in [-0.15, -0.1) is 11.8 Å². The third-order valence-electron chi connectivity index (χ3n) is 3.44. The number of benzene rings is 1. The van der Waals surface area contributed by atoms with Gasteiger partial charge < -0.3 is 5.32 Å². The Hall–Kier alpha value is -1.33. The summed E-state index contributed by atoms with van der Waals surface area (Å²) >= 11 is 1.58. The minimum atomic E-state index is -0.135. The third-order valence-corrected chi connectivity index (χ3v) is 4.65. The molecule has 1 N–H and O–H groups in total. The number of hydrogen-bond acceptors (Lipinski definition) is 3. The molecule has 3 nitrogen and oxygen atoms in total. The Bertz CT molecular complexity index is 556. The van der Waals surface area contributed by atoms with E-state index >= 15 is 0 Å². The van der Waals surface area contributed by atoms with Gasteiger partial charge in [0.05, 0.1) is 0 Å². The second-order valence-corrected chi connectivity index (χ2v) is 6.04. The molecule has 2 aromatic rings. The highest BCUT2D eigenvalue weighted by molar-refractivity contribution is 7.99. The zero-order valence-electron chi connectivity index (χ0n) is 12.6. The molecule has 0 bridgehead atoms. The number of nitrogens with zero attached hydrogens (tertiary/aromatic N) is 2. The van der Waals surface area contributed by atoms with Crippen LogP contribution >= 0.6 is 11.8 Å². The molecule has 1 atom stereocenters. The molecule has 2 rings (SSSR count). The molecule has 114 valence electrons. The lowest BCUT2D eigenvalue weighted by atomic mass is 10.1. The summed E-state index contributed by atoms with van der Waals surface area (Å²) in [4.78, 5) is 0.723. The molecule has 21 heavy (non-hydrogen) atoms. The van der Waals surface area contributed by atoms with Crippen LogP contribution in [0, 0.1) is 5.82 Å². The van der Waals surface area contributed by atoms with E-state index in [4.69, 9.17) is 0 Å². The van der Waals surface area contributed by atoms with Gasteiger partial charge in [-0.05, 0) is 37.6 Å². The Labute approximate surface area is 129 Å². The second kappa shape index (κ2) is 8.20. The van der Waals surface area contributed by atoms with Crippen LogP contribution in [-0.2, 0) is 13.5 Å². The molecule has 0 spiro atoms. The van der Waals surface area contributed by atoms with Crippen LogP contribution in [0.25, 0.3) is 0 Å². The van der Waals surface area contributed by atoms with Gasteiger partial charge in [0.15, 0.2) is 0 Å². The lowest BCUT2D eigenvalue weighted by Crippen LogP contribution is -2.31. The van der Waals surface area contributed by atoms with E-state index in [1.807, 2.05) is 36.1 Å². The maximum atomic E-state index is 13.6. The second-order valence-electron chi connectivity index (χ2n) is 4.98. The fourth-order valence-corrected chi connectivity index (χ4v) is 3.30. The number of halogens is 1. The van der Waals surface area contributed by atoms with Gasteiger partial charge in [0.25, 0.3) is 0 Å². The SMILES string of the molecule is CCNC(CCc1ccnn1C)CSc1ccccc1F. The molecule has 1 aromatic heterocycles. The number of aryl methyl sites for hydroxylation is 2. The van der Waals surface area contributed by atoms with E-state index in [0.717, 1.165) is 30.0 Å². The Morgan fingerprint density at radius 1 is 1.33 bits per heavy atom. The summed E-state index contributed by atoms with van der Waals surface area (Å²) in [5, 5.41) is 7.67. The highest BCUT2D eigenvalue weighted by Crippen LogP contribution is 2.22. The number of aromatic nitrogens is 2. The standard InChI is InChI=1S/C16H22FN3S/c1-3-18-13(8-9-14-10-11-19-20(14)2)12-21-16-7-5-4-6-15(16)17/h4-7,10-11,13,18H,3,8-9,12H2,1-2H3. The van der Waals surface area contributed by atoms with E-state index < -0.39 is 0 Å². The number of thioether (sulfide) groups is 1. The number of rotatable bonds is 8. The summed E-state index contributed by atoms with van der Waals surface area (Å²) in [7, 11) is 1.96. The van der Waals surface area contributed by atoms with Crippen molar-refractivity contribution in [1.82, 2.24) is 15.1 Å². The first-order chi connectivity index (χ1) is 10.2. The summed E-state index contributed by atoms with van der Waals surface area (Å²) in [6.07, 6.45) is 3.83. The van der Waals surface area contributed by atoms with Crippen LogP contribution in [0.3, 0.4) is 0 Å². The summed E-state index contributed by atoms with van der Waals surface area (Å²) < 4.78 is 15.5. The van der Waals surface area contributed by atoms with Crippen molar-refractivity contribution in [1.29, 1.82) is 0 Å². The Balaban J connectivity index is 1.87. The van der Waals surface area contributed by atoms with Crippen molar-refractivity contribution >= 4 is 11.8 Å². The molecule has 0 aliphatic heterocycles. The first-order valence-electron chi connectivity index (χ1n) is 7.28. The lowest BCUT2D eigenvalue weighted by molar-refractivity contribution is 0.526. The molecule has 0 aliphatic rings. The van der Waals surface area contributed by atoms with Crippen molar-refractivity contribution in [2.75, 3.05) is 12.3 Å². The van der Waals surface area contributed by atoms with E-state index in [2.05, 4.69) is 17.3 Å². The van der Waals surface area contributed by atoms with Crippen LogP contribution in [0.4, 0.5) is 4.39 Å². The minimum absolute atomic E-state index is 0.135.